The van der Waals surface area contributed by atoms with E-state index in [9.17, 15) is 16.8 Å². The Kier molecular flexibility index (Phi) is 4.83. The quantitative estimate of drug-likeness (QED) is 0.772. The standard InChI is InChI=1S/C10H15ClN2O4S2/c1-7(6-18(2,14)15)13-19(16,17)10-5-8(11)3-4-9(10)12/h3-5,7,13H,6,12H2,1-2H3. The minimum Gasteiger partial charge on any atom is -0.398 e. The first kappa shape index (κ1) is 16.2. The highest BCUT2D eigenvalue weighted by Gasteiger charge is 2.22. The van der Waals surface area contributed by atoms with Crippen molar-refractivity contribution in [1.82, 2.24) is 4.72 Å². The fraction of sp³-hybridized carbons (Fsp3) is 0.400. The van der Waals surface area contributed by atoms with Gasteiger partial charge >= 0.3 is 0 Å². The van der Waals surface area contributed by atoms with Crippen LogP contribution in [0.3, 0.4) is 0 Å². The molecule has 0 amide bonds. The van der Waals surface area contributed by atoms with Crippen molar-refractivity contribution in [2.75, 3.05) is 17.7 Å². The maximum atomic E-state index is 12.1. The van der Waals surface area contributed by atoms with Crippen LogP contribution >= 0.6 is 11.6 Å². The van der Waals surface area contributed by atoms with Gasteiger partial charge in [0, 0.05) is 17.3 Å². The van der Waals surface area contributed by atoms with Crippen LogP contribution < -0.4 is 10.5 Å². The number of hydrogen-bond donors (Lipinski definition) is 2. The third kappa shape index (κ3) is 4.98. The zero-order valence-electron chi connectivity index (χ0n) is 10.4. The van der Waals surface area contributed by atoms with Crippen molar-refractivity contribution in [1.29, 1.82) is 0 Å². The van der Waals surface area contributed by atoms with Crippen molar-refractivity contribution in [2.24, 2.45) is 0 Å². The Morgan fingerprint density at radius 2 is 1.89 bits per heavy atom. The van der Waals surface area contributed by atoms with Gasteiger partial charge in [-0.05, 0) is 25.1 Å². The number of anilines is 1. The summed E-state index contributed by atoms with van der Waals surface area (Å²) in [5.41, 5.74) is 5.63. The predicted molar refractivity (Wildman–Crippen MR) is 75.4 cm³/mol. The highest BCUT2D eigenvalue weighted by molar-refractivity contribution is 7.91. The Bertz CT molecular complexity index is 671. The molecule has 1 aromatic rings. The number of hydrogen-bond acceptors (Lipinski definition) is 5. The predicted octanol–water partition coefficient (Wildman–Crippen LogP) is 0.634. The Balaban J connectivity index is 3.02. The minimum absolute atomic E-state index is 0.0449. The maximum Gasteiger partial charge on any atom is 0.242 e. The molecular weight excluding hydrogens is 312 g/mol. The lowest BCUT2D eigenvalue weighted by Crippen LogP contribution is -2.37. The Labute approximate surface area is 117 Å². The smallest absolute Gasteiger partial charge is 0.242 e. The van der Waals surface area contributed by atoms with E-state index in [1.165, 1.54) is 25.1 Å². The van der Waals surface area contributed by atoms with E-state index < -0.39 is 25.9 Å². The fourth-order valence-electron chi connectivity index (χ4n) is 1.56. The van der Waals surface area contributed by atoms with Gasteiger partial charge in [-0.25, -0.2) is 21.6 Å². The summed E-state index contributed by atoms with van der Waals surface area (Å²) in [5, 5.41) is 0.227. The van der Waals surface area contributed by atoms with Crippen LogP contribution in [0.1, 0.15) is 6.92 Å². The van der Waals surface area contributed by atoms with E-state index in [0.29, 0.717) is 0 Å². The molecule has 108 valence electrons. The second-order valence-electron chi connectivity index (χ2n) is 4.30. The van der Waals surface area contributed by atoms with E-state index in [0.717, 1.165) is 6.26 Å². The van der Waals surface area contributed by atoms with Crippen molar-refractivity contribution < 1.29 is 16.8 Å². The number of halogens is 1. The first-order valence-electron chi connectivity index (χ1n) is 5.26. The van der Waals surface area contributed by atoms with Gasteiger partial charge in [0.2, 0.25) is 10.0 Å². The molecule has 9 heteroatoms. The van der Waals surface area contributed by atoms with E-state index in [1.807, 2.05) is 0 Å². The van der Waals surface area contributed by atoms with E-state index in [4.69, 9.17) is 17.3 Å². The van der Waals surface area contributed by atoms with E-state index in [1.54, 1.807) is 0 Å². The Hall–Kier alpha value is -0.830. The first-order chi connectivity index (χ1) is 8.51. The normalized spacial score (nSPS) is 14.3. The molecule has 1 atom stereocenters. The number of benzene rings is 1. The van der Waals surface area contributed by atoms with Crippen LogP contribution in [0.5, 0.6) is 0 Å². The third-order valence-corrected chi connectivity index (χ3v) is 5.16. The van der Waals surface area contributed by atoms with Gasteiger partial charge in [-0.2, -0.15) is 0 Å². The maximum absolute atomic E-state index is 12.1. The Morgan fingerprint density at radius 3 is 2.42 bits per heavy atom. The summed E-state index contributed by atoms with van der Waals surface area (Å²) in [6.45, 7) is 1.46. The molecule has 0 aliphatic rings. The summed E-state index contributed by atoms with van der Waals surface area (Å²) in [5.74, 6) is -0.299. The Morgan fingerprint density at radius 1 is 1.32 bits per heavy atom. The lowest BCUT2D eigenvalue weighted by Gasteiger charge is -2.14. The van der Waals surface area contributed by atoms with Crippen molar-refractivity contribution in [3.8, 4) is 0 Å². The van der Waals surface area contributed by atoms with Crippen molar-refractivity contribution in [3.05, 3.63) is 23.2 Å². The lowest BCUT2D eigenvalue weighted by atomic mass is 10.3. The van der Waals surface area contributed by atoms with E-state index in [-0.39, 0.29) is 21.4 Å². The second-order valence-corrected chi connectivity index (χ2v) is 8.60. The largest absolute Gasteiger partial charge is 0.398 e. The molecule has 0 aliphatic heterocycles. The van der Waals surface area contributed by atoms with Gasteiger partial charge in [0.1, 0.15) is 14.7 Å². The van der Waals surface area contributed by atoms with Gasteiger partial charge in [-0.15, -0.1) is 0 Å². The van der Waals surface area contributed by atoms with Crippen LogP contribution in [-0.2, 0) is 19.9 Å². The summed E-state index contributed by atoms with van der Waals surface area (Å²) in [6.07, 6.45) is 1.03. The highest BCUT2D eigenvalue weighted by Crippen LogP contribution is 2.22. The summed E-state index contributed by atoms with van der Waals surface area (Å²) >= 11 is 5.72. The van der Waals surface area contributed by atoms with E-state index in [2.05, 4.69) is 4.72 Å². The monoisotopic (exact) mass is 326 g/mol. The fourth-order valence-corrected chi connectivity index (χ4v) is 4.29. The van der Waals surface area contributed by atoms with Crippen molar-refractivity contribution in [2.45, 2.75) is 17.9 Å². The topological polar surface area (TPSA) is 106 Å². The number of sulfone groups is 1. The van der Waals surface area contributed by atoms with Crippen LogP contribution in [0.15, 0.2) is 23.1 Å². The molecule has 1 aromatic carbocycles. The average molecular weight is 327 g/mol. The molecular formula is C10H15ClN2O4S2. The molecule has 3 N–H and O–H groups in total. The molecule has 0 heterocycles. The molecule has 0 fully saturated rings. The molecule has 19 heavy (non-hydrogen) atoms. The molecule has 6 nitrogen and oxygen atoms in total. The van der Waals surface area contributed by atoms with Gasteiger partial charge < -0.3 is 5.73 Å². The summed E-state index contributed by atoms with van der Waals surface area (Å²) in [4.78, 5) is -0.166. The van der Waals surface area contributed by atoms with Crippen LogP contribution in [-0.4, -0.2) is 34.9 Å². The van der Waals surface area contributed by atoms with Crippen molar-refractivity contribution in [3.63, 3.8) is 0 Å². The minimum atomic E-state index is -3.91. The van der Waals surface area contributed by atoms with Crippen LogP contribution in [0.25, 0.3) is 0 Å². The highest BCUT2D eigenvalue weighted by atomic mass is 35.5. The van der Waals surface area contributed by atoms with Gasteiger partial charge in [0.05, 0.1) is 11.4 Å². The average Bonchev–Trinajstić information content (AvgIpc) is 2.17. The van der Waals surface area contributed by atoms with Gasteiger partial charge in [-0.1, -0.05) is 11.6 Å². The number of nitrogens with one attached hydrogen (secondary N) is 1. The number of sulfonamides is 1. The van der Waals surface area contributed by atoms with Gasteiger partial charge in [0.25, 0.3) is 0 Å². The molecule has 0 spiro atoms. The molecule has 0 saturated carbocycles. The molecule has 1 rings (SSSR count). The summed E-state index contributed by atoms with van der Waals surface area (Å²) in [6, 6.07) is 3.29. The summed E-state index contributed by atoms with van der Waals surface area (Å²) in [7, 11) is -7.19. The van der Waals surface area contributed by atoms with Crippen LogP contribution in [0.2, 0.25) is 5.02 Å². The molecule has 0 aliphatic carbocycles. The van der Waals surface area contributed by atoms with Crippen molar-refractivity contribution >= 4 is 37.1 Å². The van der Waals surface area contributed by atoms with Gasteiger partial charge in [-0.3, -0.25) is 0 Å². The molecule has 0 radical (unpaired) electrons. The SMILES string of the molecule is CC(CS(C)(=O)=O)NS(=O)(=O)c1cc(Cl)ccc1N. The lowest BCUT2D eigenvalue weighted by molar-refractivity contribution is 0.565. The number of nitrogen functional groups attached to an aromatic ring is 1. The van der Waals surface area contributed by atoms with E-state index >= 15 is 0 Å². The molecule has 0 bridgehead atoms. The molecule has 0 aromatic heterocycles. The number of nitrogens with two attached hydrogens (primary N) is 1. The number of rotatable bonds is 5. The van der Waals surface area contributed by atoms with Crippen LogP contribution in [0, 0.1) is 0 Å². The zero-order chi connectivity index (χ0) is 14.8. The second kappa shape index (κ2) is 5.66. The first-order valence-corrected chi connectivity index (χ1v) is 9.18. The summed E-state index contributed by atoms with van der Waals surface area (Å²) < 4.78 is 48.6. The zero-order valence-corrected chi connectivity index (χ0v) is 12.8. The molecule has 0 saturated heterocycles. The third-order valence-electron chi connectivity index (χ3n) is 2.17. The molecule has 1 unspecified atom stereocenters. The van der Waals surface area contributed by atoms with Crippen LogP contribution in [0.4, 0.5) is 5.69 Å². The van der Waals surface area contributed by atoms with Gasteiger partial charge in [0.15, 0.2) is 0 Å².